The van der Waals surface area contributed by atoms with E-state index in [2.05, 4.69) is 15.4 Å². The second-order valence-corrected chi connectivity index (χ2v) is 7.22. The van der Waals surface area contributed by atoms with E-state index >= 15 is 0 Å². The summed E-state index contributed by atoms with van der Waals surface area (Å²) in [5.74, 6) is -1.08. The molecule has 0 unspecified atom stereocenters. The summed E-state index contributed by atoms with van der Waals surface area (Å²) in [5, 5.41) is 5.56. The maximum Gasteiger partial charge on any atom is 0.337 e. The topological polar surface area (TPSA) is 91.0 Å². The molecule has 1 saturated heterocycles. The van der Waals surface area contributed by atoms with Gasteiger partial charge in [0.2, 0.25) is 11.8 Å². The van der Waals surface area contributed by atoms with Gasteiger partial charge in [0, 0.05) is 37.6 Å². The van der Waals surface area contributed by atoms with Gasteiger partial charge in [0.05, 0.1) is 25.8 Å². The zero-order valence-electron chi connectivity index (χ0n) is 17.3. The Morgan fingerprint density at radius 1 is 0.806 bits per heavy atom. The molecule has 0 aromatic heterocycles. The van der Waals surface area contributed by atoms with Crippen LogP contribution >= 0.6 is 0 Å². The zero-order chi connectivity index (χ0) is 22.2. The van der Waals surface area contributed by atoms with Gasteiger partial charge in [0.15, 0.2) is 0 Å². The molecule has 0 bridgehead atoms. The largest absolute Gasteiger partial charge is 0.465 e. The van der Waals surface area contributed by atoms with Crippen molar-refractivity contribution in [3.05, 3.63) is 59.9 Å². The maximum atomic E-state index is 12.9. The first kappa shape index (κ1) is 22.4. The molecule has 1 aliphatic rings. The van der Waals surface area contributed by atoms with Crippen LogP contribution in [0.5, 0.6) is 0 Å². The molecular weight excluding hydrogens is 403 g/mol. The Kier molecular flexibility index (Phi) is 7.69. The normalized spacial score (nSPS) is 14.6. The van der Waals surface area contributed by atoms with Crippen LogP contribution in [-0.4, -0.2) is 74.0 Å². The number of rotatable bonds is 7. The Bertz CT molecular complexity index is 910. The average Bonchev–Trinajstić information content (AvgIpc) is 2.76. The number of piperazine rings is 1. The Labute approximate surface area is 180 Å². The summed E-state index contributed by atoms with van der Waals surface area (Å²) in [6, 6.07) is 12.1. The third kappa shape index (κ3) is 6.87. The summed E-state index contributed by atoms with van der Waals surface area (Å²) < 4.78 is 17.6. The molecule has 0 radical (unpaired) electrons. The first-order chi connectivity index (χ1) is 14.9. The number of nitrogens with one attached hydrogen (secondary N) is 2. The number of nitrogens with zero attached hydrogens (tertiary/aromatic N) is 2. The van der Waals surface area contributed by atoms with Crippen LogP contribution in [0.1, 0.15) is 10.4 Å². The molecule has 8 nitrogen and oxygen atoms in total. The first-order valence-corrected chi connectivity index (χ1v) is 9.91. The molecule has 2 aromatic rings. The summed E-state index contributed by atoms with van der Waals surface area (Å²) in [4.78, 5) is 39.9. The number of benzene rings is 2. The first-order valence-electron chi connectivity index (χ1n) is 9.91. The minimum absolute atomic E-state index is 0.145. The van der Waals surface area contributed by atoms with E-state index in [1.54, 1.807) is 24.3 Å². The van der Waals surface area contributed by atoms with Gasteiger partial charge in [-0.15, -0.1) is 0 Å². The molecule has 2 N–H and O–H groups in total. The van der Waals surface area contributed by atoms with Gasteiger partial charge < -0.3 is 15.4 Å². The molecular formula is C22H25FN4O4. The van der Waals surface area contributed by atoms with Gasteiger partial charge in [0.1, 0.15) is 5.82 Å². The number of methoxy groups -OCH3 is 1. The van der Waals surface area contributed by atoms with Crippen molar-refractivity contribution >= 4 is 29.2 Å². The fourth-order valence-corrected chi connectivity index (χ4v) is 3.25. The van der Waals surface area contributed by atoms with Crippen LogP contribution in [0.4, 0.5) is 15.8 Å². The van der Waals surface area contributed by atoms with Crippen LogP contribution in [0.3, 0.4) is 0 Å². The highest BCUT2D eigenvalue weighted by atomic mass is 19.1. The average molecular weight is 428 g/mol. The van der Waals surface area contributed by atoms with Gasteiger partial charge in [-0.1, -0.05) is 0 Å². The number of hydrogen-bond donors (Lipinski definition) is 2. The minimum atomic E-state index is -0.429. The molecule has 0 spiro atoms. The van der Waals surface area contributed by atoms with Crippen LogP contribution in [0, 0.1) is 5.82 Å². The smallest absolute Gasteiger partial charge is 0.337 e. The fraction of sp³-hybridized carbons (Fsp3) is 0.318. The number of hydrogen-bond acceptors (Lipinski definition) is 6. The van der Waals surface area contributed by atoms with Crippen molar-refractivity contribution in [2.45, 2.75) is 0 Å². The third-order valence-electron chi connectivity index (χ3n) is 4.92. The van der Waals surface area contributed by atoms with Gasteiger partial charge >= 0.3 is 5.97 Å². The van der Waals surface area contributed by atoms with E-state index < -0.39 is 5.97 Å². The summed E-state index contributed by atoms with van der Waals surface area (Å²) in [6.45, 7) is 3.14. The van der Waals surface area contributed by atoms with Crippen LogP contribution in [0.25, 0.3) is 0 Å². The summed E-state index contributed by atoms with van der Waals surface area (Å²) in [7, 11) is 1.32. The number of halogens is 1. The van der Waals surface area contributed by atoms with Gasteiger partial charge in [0.25, 0.3) is 0 Å². The van der Waals surface area contributed by atoms with Gasteiger partial charge in [-0.2, -0.15) is 0 Å². The number of carbonyl (C=O) groups excluding carboxylic acids is 3. The van der Waals surface area contributed by atoms with E-state index in [0.29, 0.717) is 43.1 Å². The Morgan fingerprint density at radius 2 is 1.23 bits per heavy atom. The monoisotopic (exact) mass is 428 g/mol. The van der Waals surface area contributed by atoms with Crippen molar-refractivity contribution in [1.82, 2.24) is 9.80 Å². The zero-order valence-corrected chi connectivity index (χ0v) is 17.3. The molecule has 9 heteroatoms. The number of esters is 1. The predicted molar refractivity (Wildman–Crippen MR) is 114 cm³/mol. The number of carbonyl (C=O) groups is 3. The van der Waals surface area contributed by atoms with E-state index in [4.69, 9.17) is 0 Å². The summed E-state index contributed by atoms with van der Waals surface area (Å²) in [6.07, 6.45) is 0. The molecule has 2 amide bonds. The Morgan fingerprint density at radius 3 is 1.65 bits per heavy atom. The van der Waals surface area contributed by atoms with Crippen LogP contribution in [-0.2, 0) is 14.3 Å². The SMILES string of the molecule is COC(=O)c1ccc(NC(=O)CN2CCN(CC(=O)Nc3ccc(F)cc3)CC2)cc1. The lowest BCUT2D eigenvalue weighted by Gasteiger charge is -2.33. The highest BCUT2D eigenvalue weighted by Crippen LogP contribution is 2.11. The van der Waals surface area contributed by atoms with Crippen LogP contribution in [0.15, 0.2) is 48.5 Å². The number of ether oxygens (including phenoxy) is 1. The molecule has 1 aliphatic heterocycles. The minimum Gasteiger partial charge on any atom is -0.465 e. The lowest BCUT2D eigenvalue weighted by atomic mass is 10.2. The Hall–Kier alpha value is -3.30. The fourth-order valence-electron chi connectivity index (χ4n) is 3.25. The molecule has 164 valence electrons. The van der Waals surface area contributed by atoms with E-state index in [1.807, 2.05) is 9.80 Å². The summed E-state index contributed by atoms with van der Waals surface area (Å²) >= 11 is 0. The van der Waals surface area contributed by atoms with Gasteiger partial charge in [-0.05, 0) is 48.5 Å². The number of anilines is 2. The van der Waals surface area contributed by atoms with Crippen LogP contribution < -0.4 is 10.6 Å². The van der Waals surface area contributed by atoms with Crippen molar-refractivity contribution < 1.29 is 23.5 Å². The van der Waals surface area contributed by atoms with Crippen molar-refractivity contribution in [3.8, 4) is 0 Å². The summed E-state index contributed by atoms with van der Waals surface area (Å²) in [5.41, 5.74) is 1.58. The molecule has 1 fully saturated rings. The quantitative estimate of drug-likeness (QED) is 0.654. The highest BCUT2D eigenvalue weighted by Gasteiger charge is 2.20. The maximum absolute atomic E-state index is 12.9. The van der Waals surface area contributed by atoms with Crippen LogP contribution in [0.2, 0.25) is 0 Å². The molecule has 0 aliphatic carbocycles. The van der Waals surface area contributed by atoms with E-state index in [1.165, 1.54) is 31.4 Å². The van der Waals surface area contributed by atoms with E-state index in [9.17, 15) is 18.8 Å². The lowest BCUT2D eigenvalue weighted by Crippen LogP contribution is -2.50. The molecule has 1 heterocycles. The predicted octanol–water partition coefficient (Wildman–Crippen LogP) is 1.81. The molecule has 2 aromatic carbocycles. The molecule has 0 atom stereocenters. The molecule has 0 saturated carbocycles. The highest BCUT2D eigenvalue weighted by molar-refractivity contribution is 5.94. The van der Waals surface area contributed by atoms with Crippen molar-refractivity contribution in [3.63, 3.8) is 0 Å². The molecule has 31 heavy (non-hydrogen) atoms. The number of amides is 2. The third-order valence-corrected chi connectivity index (χ3v) is 4.92. The van der Waals surface area contributed by atoms with Crippen molar-refractivity contribution in [1.29, 1.82) is 0 Å². The second-order valence-electron chi connectivity index (χ2n) is 7.22. The van der Waals surface area contributed by atoms with Gasteiger partial charge in [-0.3, -0.25) is 19.4 Å². The van der Waals surface area contributed by atoms with Gasteiger partial charge in [-0.25, -0.2) is 9.18 Å². The van der Waals surface area contributed by atoms with Crippen molar-refractivity contribution in [2.75, 3.05) is 57.0 Å². The molecule has 3 rings (SSSR count). The van der Waals surface area contributed by atoms with Crippen molar-refractivity contribution in [2.24, 2.45) is 0 Å². The Balaban J connectivity index is 1.38. The second kappa shape index (κ2) is 10.6. The van der Waals surface area contributed by atoms with E-state index in [0.717, 1.165) is 0 Å². The lowest BCUT2D eigenvalue weighted by molar-refractivity contribution is -0.120. The van der Waals surface area contributed by atoms with E-state index in [-0.39, 0.29) is 30.7 Å². The standard InChI is InChI=1S/C22H25FN4O4/c1-31-22(30)16-2-6-18(7-3-16)24-20(28)14-26-10-12-27(13-11-26)15-21(29)25-19-8-4-17(23)5-9-19/h2-9H,10-15H2,1H3,(H,24,28)(H,25,29).